The zero-order chi connectivity index (χ0) is 14.0. The molecule has 0 radical (unpaired) electrons. The average Bonchev–Trinajstić information content (AvgIpc) is 2.74. The van der Waals surface area contributed by atoms with Crippen LogP contribution in [0.5, 0.6) is 0 Å². The van der Waals surface area contributed by atoms with Gasteiger partial charge in [0.15, 0.2) is 0 Å². The van der Waals surface area contributed by atoms with Crippen molar-refractivity contribution in [2.75, 3.05) is 13.7 Å². The van der Waals surface area contributed by atoms with Crippen molar-refractivity contribution in [3.8, 4) is 0 Å². The molecule has 1 aromatic rings. The molecular formula is C12H14Cl2N2O3. The molecule has 1 aliphatic heterocycles. The van der Waals surface area contributed by atoms with Crippen molar-refractivity contribution in [2.45, 2.75) is 25.1 Å². The molecule has 1 aliphatic rings. The van der Waals surface area contributed by atoms with E-state index >= 15 is 0 Å². The minimum Gasteiger partial charge on any atom is -0.468 e. The minimum absolute atomic E-state index is 0.341. The predicted octanol–water partition coefficient (Wildman–Crippen LogP) is 1.50. The fourth-order valence-electron chi connectivity index (χ4n) is 2.20. The zero-order valence-electron chi connectivity index (χ0n) is 10.3. The van der Waals surface area contributed by atoms with Gasteiger partial charge >= 0.3 is 5.97 Å². The maximum Gasteiger partial charge on any atom is 0.323 e. The maximum atomic E-state index is 11.7. The number of pyridine rings is 1. The predicted molar refractivity (Wildman–Crippen MR) is 71.1 cm³/mol. The molecule has 19 heavy (non-hydrogen) atoms. The minimum atomic E-state index is -0.554. The molecule has 1 saturated heterocycles. The highest BCUT2D eigenvalue weighted by Crippen LogP contribution is 2.24. The Balaban J connectivity index is 2.16. The van der Waals surface area contributed by atoms with Crippen LogP contribution in [0, 0.1) is 0 Å². The fourth-order valence-corrected chi connectivity index (χ4v) is 2.53. The molecule has 1 aromatic heterocycles. The maximum absolute atomic E-state index is 11.7. The molecule has 2 unspecified atom stereocenters. The number of esters is 1. The second-order valence-electron chi connectivity index (χ2n) is 4.42. The van der Waals surface area contributed by atoms with Crippen LogP contribution < -0.4 is 0 Å². The Kier molecular flexibility index (Phi) is 4.62. The van der Waals surface area contributed by atoms with Crippen LogP contribution in [0.4, 0.5) is 0 Å². The van der Waals surface area contributed by atoms with E-state index in [4.69, 9.17) is 27.9 Å². The molecule has 0 aromatic carbocycles. The number of hydrogen-bond acceptors (Lipinski definition) is 5. The number of β-amino-alcohol motifs (C(OH)–C–C–N with tert-alkyl or cyclic N) is 1. The highest BCUT2D eigenvalue weighted by Gasteiger charge is 2.37. The number of nitrogens with zero attached hydrogens (tertiary/aromatic N) is 2. The molecule has 0 spiro atoms. The molecule has 1 fully saturated rings. The largest absolute Gasteiger partial charge is 0.468 e. The Morgan fingerprint density at radius 2 is 2.32 bits per heavy atom. The third kappa shape index (κ3) is 3.36. The first kappa shape index (κ1) is 14.5. The van der Waals surface area contributed by atoms with Gasteiger partial charge in [-0.1, -0.05) is 23.2 Å². The summed E-state index contributed by atoms with van der Waals surface area (Å²) in [5.74, 6) is -0.366. The summed E-state index contributed by atoms with van der Waals surface area (Å²) in [6, 6.07) is 2.78. The number of carbonyl (C=O) groups excluding carboxylic acids is 1. The van der Waals surface area contributed by atoms with Gasteiger partial charge in [-0.15, -0.1) is 0 Å². The lowest BCUT2D eigenvalue weighted by Gasteiger charge is -2.21. The first-order valence-electron chi connectivity index (χ1n) is 5.82. The Bertz CT molecular complexity index is 484. The van der Waals surface area contributed by atoms with Crippen molar-refractivity contribution in [1.29, 1.82) is 0 Å². The van der Waals surface area contributed by atoms with Crippen LogP contribution in [0.25, 0.3) is 0 Å². The molecule has 0 saturated carbocycles. The first-order valence-corrected chi connectivity index (χ1v) is 6.57. The molecule has 5 nitrogen and oxygen atoms in total. The molecule has 1 N–H and O–H groups in total. The van der Waals surface area contributed by atoms with Crippen molar-refractivity contribution < 1.29 is 14.6 Å². The number of rotatable bonds is 3. The highest BCUT2D eigenvalue weighted by atomic mass is 35.5. The number of aliphatic hydroxyl groups is 1. The van der Waals surface area contributed by atoms with Crippen LogP contribution in [-0.2, 0) is 16.1 Å². The molecule has 7 heteroatoms. The number of methoxy groups -OCH3 is 1. The summed E-state index contributed by atoms with van der Waals surface area (Å²) in [5, 5.41) is 10.5. The molecule has 0 bridgehead atoms. The lowest BCUT2D eigenvalue weighted by molar-refractivity contribution is -0.146. The smallest absolute Gasteiger partial charge is 0.323 e. The zero-order valence-corrected chi connectivity index (χ0v) is 11.9. The number of hydrogen-bond donors (Lipinski definition) is 1. The lowest BCUT2D eigenvalue weighted by Crippen LogP contribution is -2.36. The van der Waals surface area contributed by atoms with Crippen LogP contribution in [-0.4, -0.2) is 46.8 Å². The second kappa shape index (κ2) is 6.05. The summed E-state index contributed by atoms with van der Waals surface area (Å²) < 4.78 is 4.73. The van der Waals surface area contributed by atoms with Gasteiger partial charge in [0.25, 0.3) is 0 Å². The number of ether oxygens (including phenoxy) is 1. The van der Waals surface area contributed by atoms with E-state index in [2.05, 4.69) is 4.98 Å². The van der Waals surface area contributed by atoms with Crippen molar-refractivity contribution >= 4 is 29.2 Å². The Labute approximate surface area is 121 Å². The summed E-state index contributed by atoms with van der Waals surface area (Å²) in [5.41, 5.74) is 0.581. The number of likely N-dealkylation sites (tertiary alicyclic amines) is 1. The van der Waals surface area contributed by atoms with Gasteiger partial charge in [-0.05, 0) is 12.1 Å². The van der Waals surface area contributed by atoms with E-state index in [9.17, 15) is 9.90 Å². The average molecular weight is 305 g/mol. The number of aliphatic hydroxyl groups excluding tert-OH is 1. The van der Waals surface area contributed by atoms with E-state index in [1.807, 2.05) is 0 Å². The molecule has 2 heterocycles. The Morgan fingerprint density at radius 1 is 1.58 bits per heavy atom. The van der Waals surface area contributed by atoms with Crippen LogP contribution in [0.3, 0.4) is 0 Å². The third-order valence-electron chi connectivity index (χ3n) is 3.09. The van der Waals surface area contributed by atoms with Crippen LogP contribution in [0.15, 0.2) is 12.1 Å². The van der Waals surface area contributed by atoms with Crippen LogP contribution in [0.2, 0.25) is 10.2 Å². The van der Waals surface area contributed by atoms with Gasteiger partial charge in [0.05, 0.1) is 23.9 Å². The van der Waals surface area contributed by atoms with Gasteiger partial charge in [0.2, 0.25) is 0 Å². The van der Waals surface area contributed by atoms with E-state index in [-0.39, 0.29) is 5.97 Å². The van der Waals surface area contributed by atoms with E-state index in [0.717, 1.165) is 0 Å². The summed E-state index contributed by atoms with van der Waals surface area (Å²) in [6.07, 6.45) is -0.202. The normalized spacial score (nSPS) is 23.6. The van der Waals surface area contributed by atoms with Gasteiger partial charge in [0, 0.05) is 19.5 Å². The fraction of sp³-hybridized carbons (Fsp3) is 0.500. The van der Waals surface area contributed by atoms with Crippen molar-refractivity contribution in [2.24, 2.45) is 0 Å². The van der Waals surface area contributed by atoms with Crippen molar-refractivity contribution in [3.05, 3.63) is 28.0 Å². The number of halogens is 2. The van der Waals surface area contributed by atoms with Crippen molar-refractivity contribution in [1.82, 2.24) is 9.88 Å². The monoisotopic (exact) mass is 304 g/mol. The number of aromatic nitrogens is 1. The molecule has 0 aliphatic carbocycles. The highest BCUT2D eigenvalue weighted by molar-refractivity contribution is 6.32. The third-order valence-corrected chi connectivity index (χ3v) is 3.65. The molecule has 0 amide bonds. The second-order valence-corrected chi connectivity index (χ2v) is 5.21. The molecular weight excluding hydrogens is 291 g/mol. The standard InChI is InChI=1S/C12H14Cl2N2O3/c1-19-12(18)10-4-7(17)5-16(10)6-9-8(13)2-3-11(14)15-9/h2-3,7,10,17H,4-6H2,1H3. The molecule has 2 atom stereocenters. The van der Waals surface area contributed by atoms with Gasteiger partial charge in [-0.2, -0.15) is 0 Å². The molecule has 104 valence electrons. The number of carbonyl (C=O) groups is 1. The SMILES string of the molecule is COC(=O)C1CC(O)CN1Cc1nc(Cl)ccc1Cl. The Morgan fingerprint density at radius 3 is 3.00 bits per heavy atom. The quantitative estimate of drug-likeness (QED) is 0.677. The Hall–Kier alpha value is -0.880. The summed E-state index contributed by atoms with van der Waals surface area (Å²) in [7, 11) is 1.33. The summed E-state index contributed by atoms with van der Waals surface area (Å²) >= 11 is 11.9. The van der Waals surface area contributed by atoms with Gasteiger partial charge in [0.1, 0.15) is 11.2 Å². The van der Waals surface area contributed by atoms with E-state index in [0.29, 0.717) is 35.4 Å². The molecule has 2 rings (SSSR count). The van der Waals surface area contributed by atoms with Crippen molar-refractivity contribution in [3.63, 3.8) is 0 Å². The van der Waals surface area contributed by atoms with Gasteiger partial charge in [-0.3, -0.25) is 9.69 Å². The summed E-state index contributed by atoms with van der Waals surface area (Å²) in [6.45, 7) is 0.723. The van der Waals surface area contributed by atoms with E-state index in [1.165, 1.54) is 7.11 Å². The first-order chi connectivity index (χ1) is 9.01. The lowest BCUT2D eigenvalue weighted by atomic mass is 10.2. The van der Waals surface area contributed by atoms with Crippen LogP contribution in [0.1, 0.15) is 12.1 Å². The van der Waals surface area contributed by atoms with Crippen LogP contribution >= 0.6 is 23.2 Å². The van der Waals surface area contributed by atoms with E-state index < -0.39 is 12.1 Å². The van der Waals surface area contributed by atoms with Gasteiger partial charge < -0.3 is 9.84 Å². The summed E-state index contributed by atoms with van der Waals surface area (Å²) in [4.78, 5) is 17.6. The topological polar surface area (TPSA) is 62.7 Å². The van der Waals surface area contributed by atoms with Gasteiger partial charge in [-0.25, -0.2) is 4.98 Å². The van der Waals surface area contributed by atoms with E-state index in [1.54, 1.807) is 17.0 Å².